The number of sulfonamides is 1. The fourth-order valence-corrected chi connectivity index (χ4v) is 4.81. The van der Waals surface area contributed by atoms with Crippen LogP contribution in [0.3, 0.4) is 0 Å². The zero-order valence-corrected chi connectivity index (χ0v) is 17.9. The van der Waals surface area contributed by atoms with Crippen LogP contribution in [-0.2, 0) is 22.6 Å². The van der Waals surface area contributed by atoms with Crippen molar-refractivity contribution in [1.82, 2.24) is 0 Å². The van der Waals surface area contributed by atoms with Crippen molar-refractivity contribution in [3.05, 3.63) is 76.7 Å². The molecular formula is C21H16ClF3N2O4S. The molecule has 0 aliphatic carbocycles. The summed E-state index contributed by atoms with van der Waals surface area (Å²) >= 11 is 5.57. The molecule has 1 aromatic heterocycles. The van der Waals surface area contributed by atoms with E-state index in [-0.39, 0.29) is 17.4 Å². The fourth-order valence-electron chi connectivity index (χ4n) is 3.51. The largest absolute Gasteiger partial charge is 0.459 e. The Bertz CT molecular complexity index is 1270. The predicted molar refractivity (Wildman–Crippen MR) is 112 cm³/mol. The molecule has 0 saturated heterocycles. The predicted octanol–water partition coefficient (Wildman–Crippen LogP) is 5.35. The number of anilines is 2. The molecule has 168 valence electrons. The first-order chi connectivity index (χ1) is 15.1. The molecule has 0 unspecified atom stereocenters. The van der Waals surface area contributed by atoms with Gasteiger partial charge in [-0.2, -0.15) is 13.2 Å². The molecule has 1 aliphatic heterocycles. The average Bonchev–Trinajstić information content (AvgIpc) is 3.26. The lowest BCUT2D eigenvalue weighted by Crippen LogP contribution is -2.35. The summed E-state index contributed by atoms with van der Waals surface area (Å²) in [4.78, 5) is 13.7. The van der Waals surface area contributed by atoms with Gasteiger partial charge in [-0.25, -0.2) is 8.42 Å². The highest BCUT2D eigenvalue weighted by Gasteiger charge is 2.34. The van der Waals surface area contributed by atoms with Gasteiger partial charge in [-0.1, -0.05) is 11.6 Å². The summed E-state index contributed by atoms with van der Waals surface area (Å²) in [7, 11) is -4.31. The third kappa shape index (κ3) is 4.33. The van der Waals surface area contributed by atoms with Crippen molar-refractivity contribution >= 4 is 38.9 Å². The van der Waals surface area contributed by atoms with Crippen LogP contribution in [0.2, 0.25) is 5.02 Å². The van der Waals surface area contributed by atoms with E-state index in [1.807, 2.05) is 0 Å². The molecule has 32 heavy (non-hydrogen) atoms. The second kappa shape index (κ2) is 8.18. The third-order valence-corrected chi connectivity index (χ3v) is 6.69. The van der Waals surface area contributed by atoms with Gasteiger partial charge in [0.05, 0.1) is 21.7 Å². The van der Waals surface area contributed by atoms with Gasteiger partial charge in [0.2, 0.25) is 0 Å². The van der Waals surface area contributed by atoms with Crippen LogP contribution in [-0.4, -0.2) is 20.9 Å². The lowest BCUT2D eigenvalue weighted by Gasteiger charge is -2.29. The Hall–Kier alpha value is -2.98. The molecule has 1 aliphatic rings. The number of fused-ring (bicyclic) bond motifs is 1. The van der Waals surface area contributed by atoms with Crippen LogP contribution in [0.1, 0.15) is 28.1 Å². The van der Waals surface area contributed by atoms with Crippen molar-refractivity contribution < 1.29 is 30.8 Å². The molecule has 0 atom stereocenters. The Morgan fingerprint density at radius 3 is 2.59 bits per heavy atom. The first-order valence-corrected chi connectivity index (χ1v) is 11.3. The van der Waals surface area contributed by atoms with Crippen LogP contribution < -0.4 is 9.62 Å². The van der Waals surface area contributed by atoms with Crippen LogP contribution in [0, 0.1) is 0 Å². The second-order valence-corrected chi connectivity index (χ2v) is 9.22. The standard InChI is InChI=1S/C21H16ClF3N2O4S/c22-17-7-6-15(12-16(17)21(23,24)25)32(29,30)26-14-5-8-18-13(11-14)3-1-9-27(18)20(28)19-4-2-10-31-19/h2,4-8,10-12,26H,1,3,9H2. The number of rotatable bonds is 4. The number of hydrogen-bond acceptors (Lipinski definition) is 4. The smallest absolute Gasteiger partial charge is 0.417 e. The minimum Gasteiger partial charge on any atom is -0.459 e. The topological polar surface area (TPSA) is 79.6 Å². The van der Waals surface area contributed by atoms with Crippen molar-refractivity contribution in [1.29, 1.82) is 0 Å². The lowest BCUT2D eigenvalue weighted by atomic mass is 10.0. The van der Waals surface area contributed by atoms with E-state index in [1.54, 1.807) is 29.2 Å². The minimum absolute atomic E-state index is 0.166. The van der Waals surface area contributed by atoms with Gasteiger partial charge in [0.25, 0.3) is 15.9 Å². The number of nitrogens with zero attached hydrogens (tertiary/aromatic N) is 1. The van der Waals surface area contributed by atoms with Crippen molar-refractivity contribution in [2.45, 2.75) is 23.9 Å². The van der Waals surface area contributed by atoms with Gasteiger partial charge in [0.15, 0.2) is 5.76 Å². The quantitative estimate of drug-likeness (QED) is 0.541. The third-order valence-electron chi connectivity index (χ3n) is 4.98. The van der Waals surface area contributed by atoms with Crippen molar-refractivity contribution in [2.24, 2.45) is 0 Å². The zero-order valence-electron chi connectivity index (χ0n) is 16.3. The SMILES string of the molecule is O=C(c1ccco1)N1CCCc2cc(NS(=O)(=O)c3ccc(Cl)c(C(F)(F)F)c3)ccc21. The molecule has 11 heteroatoms. The first kappa shape index (κ1) is 22.2. The van der Waals surface area contributed by atoms with Crippen molar-refractivity contribution in [2.75, 3.05) is 16.2 Å². The number of aryl methyl sites for hydroxylation is 1. The number of hydrogen-bond donors (Lipinski definition) is 1. The Balaban J connectivity index is 1.62. The Labute approximate surface area is 186 Å². The molecule has 0 spiro atoms. The van der Waals surface area contributed by atoms with Gasteiger partial charge in [0.1, 0.15) is 0 Å². The van der Waals surface area contributed by atoms with E-state index in [4.69, 9.17) is 16.0 Å². The molecular weight excluding hydrogens is 469 g/mol. The Morgan fingerprint density at radius 2 is 1.91 bits per heavy atom. The summed E-state index contributed by atoms with van der Waals surface area (Å²) in [5.74, 6) is -0.129. The molecule has 4 rings (SSSR count). The molecule has 0 saturated carbocycles. The Morgan fingerprint density at radius 1 is 1.12 bits per heavy atom. The zero-order chi connectivity index (χ0) is 23.1. The number of carbonyl (C=O) groups is 1. The fraction of sp³-hybridized carbons (Fsp3) is 0.190. The number of furan rings is 1. The first-order valence-electron chi connectivity index (χ1n) is 9.44. The summed E-state index contributed by atoms with van der Waals surface area (Å²) in [6, 6.07) is 10.2. The second-order valence-electron chi connectivity index (χ2n) is 7.13. The van der Waals surface area contributed by atoms with Crippen LogP contribution in [0.5, 0.6) is 0 Å². The van der Waals surface area contributed by atoms with E-state index in [0.29, 0.717) is 31.1 Å². The number of carbonyl (C=O) groups excluding carboxylic acids is 1. The maximum atomic E-state index is 13.1. The van der Waals surface area contributed by atoms with E-state index in [1.165, 1.54) is 12.3 Å². The molecule has 2 heterocycles. The van der Waals surface area contributed by atoms with Gasteiger partial charge in [0, 0.05) is 17.9 Å². The van der Waals surface area contributed by atoms with E-state index >= 15 is 0 Å². The van der Waals surface area contributed by atoms with E-state index in [0.717, 1.165) is 17.7 Å². The monoisotopic (exact) mass is 484 g/mol. The highest BCUT2D eigenvalue weighted by atomic mass is 35.5. The maximum Gasteiger partial charge on any atom is 0.417 e. The highest BCUT2D eigenvalue weighted by Crippen LogP contribution is 2.36. The molecule has 1 amide bonds. The van der Waals surface area contributed by atoms with E-state index in [9.17, 15) is 26.4 Å². The van der Waals surface area contributed by atoms with Gasteiger partial charge in [-0.05, 0) is 66.9 Å². The average molecular weight is 485 g/mol. The minimum atomic E-state index is -4.79. The van der Waals surface area contributed by atoms with E-state index in [2.05, 4.69) is 4.72 Å². The normalized spacial score (nSPS) is 14.2. The van der Waals surface area contributed by atoms with Gasteiger partial charge < -0.3 is 9.32 Å². The van der Waals surface area contributed by atoms with Gasteiger partial charge in [-0.3, -0.25) is 9.52 Å². The lowest BCUT2D eigenvalue weighted by molar-refractivity contribution is -0.137. The van der Waals surface area contributed by atoms with Crippen molar-refractivity contribution in [3.8, 4) is 0 Å². The van der Waals surface area contributed by atoms with Crippen LogP contribution in [0.4, 0.5) is 24.5 Å². The van der Waals surface area contributed by atoms with Crippen LogP contribution >= 0.6 is 11.6 Å². The van der Waals surface area contributed by atoms with E-state index < -0.39 is 31.7 Å². The molecule has 6 nitrogen and oxygen atoms in total. The molecule has 0 bridgehead atoms. The summed E-state index contributed by atoms with van der Waals surface area (Å²) in [6.07, 6.45) is -2.14. The van der Waals surface area contributed by atoms with Gasteiger partial charge in [-0.15, -0.1) is 0 Å². The van der Waals surface area contributed by atoms with Gasteiger partial charge >= 0.3 is 6.18 Å². The van der Waals surface area contributed by atoms with Crippen molar-refractivity contribution in [3.63, 3.8) is 0 Å². The summed E-state index contributed by atoms with van der Waals surface area (Å²) < 4.78 is 72.1. The van der Waals surface area contributed by atoms with Crippen LogP contribution in [0.25, 0.3) is 0 Å². The number of halogens is 4. The summed E-state index contributed by atoms with van der Waals surface area (Å²) in [5.41, 5.74) is 0.272. The molecule has 2 aromatic carbocycles. The van der Waals surface area contributed by atoms with Crippen LogP contribution in [0.15, 0.2) is 64.1 Å². The maximum absolute atomic E-state index is 13.1. The number of alkyl halides is 3. The molecule has 3 aromatic rings. The summed E-state index contributed by atoms with van der Waals surface area (Å²) in [6.45, 7) is 0.475. The number of benzene rings is 2. The highest BCUT2D eigenvalue weighted by molar-refractivity contribution is 7.92. The number of amides is 1. The number of nitrogens with one attached hydrogen (secondary N) is 1. The summed E-state index contributed by atoms with van der Waals surface area (Å²) in [5, 5.41) is -0.591. The molecule has 1 N–H and O–H groups in total. The Kier molecular flexibility index (Phi) is 5.68. The molecule has 0 radical (unpaired) electrons. The molecule has 0 fully saturated rings.